The number of hydrogen-bond donors (Lipinski definition) is 2. The van der Waals surface area contributed by atoms with Crippen LogP contribution in [0.2, 0.25) is 0 Å². The Bertz CT molecular complexity index is 607. The van der Waals surface area contributed by atoms with Gasteiger partial charge in [-0.1, -0.05) is 13.0 Å². The predicted octanol–water partition coefficient (Wildman–Crippen LogP) is 3.72. The van der Waals surface area contributed by atoms with E-state index in [1.807, 2.05) is 45.2 Å². The summed E-state index contributed by atoms with van der Waals surface area (Å²) in [6, 6.07) is 5.88. The number of aromatic nitrogens is 1. The minimum absolute atomic E-state index is 0.0309. The third-order valence-corrected chi connectivity index (χ3v) is 3.96. The smallest absolute Gasteiger partial charge is 0.224 e. The molecule has 20 heavy (non-hydrogen) atoms. The first-order valence-corrected chi connectivity index (χ1v) is 7.46. The first-order chi connectivity index (χ1) is 9.60. The Balaban J connectivity index is 2.08. The Labute approximate surface area is 123 Å². The van der Waals surface area contributed by atoms with Crippen LogP contribution >= 0.6 is 11.3 Å². The van der Waals surface area contributed by atoms with Crippen molar-refractivity contribution in [1.29, 1.82) is 0 Å². The number of carbonyl (C=O) groups is 1. The molecule has 1 aromatic heterocycles. The molecule has 106 valence electrons. The van der Waals surface area contributed by atoms with Gasteiger partial charge >= 0.3 is 0 Å². The lowest BCUT2D eigenvalue weighted by atomic mass is 10.1. The van der Waals surface area contributed by atoms with Gasteiger partial charge in [0.2, 0.25) is 5.91 Å². The van der Waals surface area contributed by atoms with Gasteiger partial charge in [-0.25, -0.2) is 4.98 Å². The molecule has 0 aliphatic heterocycles. The summed E-state index contributed by atoms with van der Waals surface area (Å²) in [4.78, 5) is 16.9. The highest BCUT2D eigenvalue weighted by Gasteiger charge is 2.06. The van der Waals surface area contributed by atoms with Gasteiger partial charge in [0, 0.05) is 28.9 Å². The maximum absolute atomic E-state index is 11.5. The molecular weight excluding hydrogens is 270 g/mol. The second kappa shape index (κ2) is 6.52. The number of thiazole rings is 1. The van der Waals surface area contributed by atoms with Crippen molar-refractivity contribution in [3.63, 3.8) is 0 Å². The lowest BCUT2D eigenvalue weighted by Crippen LogP contribution is -2.11. The molecule has 0 unspecified atom stereocenters. The Kier molecular flexibility index (Phi) is 4.74. The Hall–Kier alpha value is -1.88. The Morgan fingerprint density at radius 2 is 2.05 bits per heavy atom. The fraction of sp³-hybridized carbons (Fsp3) is 0.333. The second-order valence-electron chi connectivity index (χ2n) is 4.58. The summed E-state index contributed by atoms with van der Waals surface area (Å²) in [7, 11) is 0. The number of amides is 1. The van der Waals surface area contributed by atoms with Gasteiger partial charge in [0.25, 0.3) is 0 Å². The molecule has 0 saturated heterocycles. The number of nitrogens with zero attached hydrogens (tertiary/aromatic N) is 1. The molecule has 5 heteroatoms. The van der Waals surface area contributed by atoms with Gasteiger partial charge in [0.1, 0.15) is 0 Å². The summed E-state index contributed by atoms with van der Waals surface area (Å²) in [6.07, 6.45) is 2.38. The zero-order chi connectivity index (χ0) is 14.5. The van der Waals surface area contributed by atoms with Crippen LogP contribution in [0, 0.1) is 13.8 Å². The minimum Gasteiger partial charge on any atom is -0.380 e. The molecule has 0 aliphatic carbocycles. The maximum Gasteiger partial charge on any atom is 0.224 e. The molecule has 1 heterocycles. The van der Waals surface area contributed by atoms with Gasteiger partial charge in [0.15, 0.2) is 0 Å². The van der Waals surface area contributed by atoms with E-state index in [0.29, 0.717) is 6.42 Å². The maximum atomic E-state index is 11.5. The van der Waals surface area contributed by atoms with Crippen LogP contribution in [0.3, 0.4) is 0 Å². The average molecular weight is 289 g/mol. The fourth-order valence-corrected chi connectivity index (χ4v) is 2.61. The van der Waals surface area contributed by atoms with Crippen molar-refractivity contribution in [2.75, 3.05) is 10.6 Å². The molecule has 2 N–H and O–H groups in total. The van der Waals surface area contributed by atoms with Crippen molar-refractivity contribution in [2.24, 2.45) is 0 Å². The molecule has 0 atom stereocenters. The van der Waals surface area contributed by atoms with E-state index in [4.69, 9.17) is 0 Å². The highest BCUT2D eigenvalue weighted by molar-refractivity contribution is 7.11. The van der Waals surface area contributed by atoms with E-state index in [9.17, 15) is 4.79 Å². The molecule has 4 nitrogen and oxygen atoms in total. The summed E-state index contributed by atoms with van der Waals surface area (Å²) in [5.74, 6) is 0.0309. The number of aryl methyl sites for hydroxylation is 1. The Morgan fingerprint density at radius 3 is 2.70 bits per heavy atom. The second-order valence-corrected chi connectivity index (χ2v) is 5.90. The molecule has 2 aromatic rings. The summed E-state index contributed by atoms with van der Waals surface area (Å²) >= 11 is 1.69. The fourth-order valence-electron chi connectivity index (χ4n) is 1.87. The van der Waals surface area contributed by atoms with E-state index in [1.54, 1.807) is 11.3 Å². The molecule has 0 spiro atoms. The van der Waals surface area contributed by atoms with Crippen LogP contribution < -0.4 is 10.6 Å². The van der Waals surface area contributed by atoms with E-state index in [-0.39, 0.29) is 5.91 Å². The lowest BCUT2D eigenvalue weighted by Gasteiger charge is -2.13. The van der Waals surface area contributed by atoms with E-state index in [2.05, 4.69) is 15.6 Å². The van der Waals surface area contributed by atoms with Crippen molar-refractivity contribution in [3.05, 3.63) is 39.8 Å². The van der Waals surface area contributed by atoms with Crippen molar-refractivity contribution in [2.45, 2.75) is 33.7 Å². The number of hydrogen-bond acceptors (Lipinski definition) is 4. The van der Waals surface area contributed by atoms with Crippen LogP contribution in [0.15, 0.2) is 24.4 Å². The van der Waals surface area contributed by atoms with Crippen LogP contribution in [0.25, 0.3) is 0 Å². The highest BCUT2D eigenvalue weighted by atomic mass is 32.1. The van der Waals surface area contributed by atoms with Gasteiger partial charge in [-0.05, 0) is 31.5 Å². The van der Waals surface area contributed by atoms with Crippen LogP contribution in [0.1, 0.15) is 28.8 Å². The van der Waals surface area contributed by atoms with Gasteiger partial charge in [-0.3, -0.25) is 4.79 Å². The van der Waals surface area contributed by atoms with Crippen molar-refractivity contribution < 1.29 is 4.79 Å². The zero-order valence-electron chi connectivity index (χ0n) is 12.0. The van der Waals surface area contributed by atoms with E-state index < -0.39 is 0 Å². The summed E-state index contributed by atoms with van der Waals surface area (Å²) in [5, 5.41) is 7.38. The standard InChI is InChI=1S/C15H19N3OS/c1-4-15(19)18-14-7-5-6-13(10(14)2)17-9-12-8-16-11(3)20-12/h5-8,17H,4,9H2,1-3H3,(H,18,19). The average Bonchev–Trinajstić information content (AvgIpc) is 2.85. The zero-order valence-corrected chi connectivity index (χ0v) is 12.8. The Morgan fingerprint density at radius 1 is 1.30 bits per heavy atom. The summed E-state index contributed by atoms with van der Waals surface area (Å²) < 4.78 is 0. The SMILES string of the molecule is CCC(=O)Nc1cccc(NCc2cnc(C)s2)c1C. The monoisotopic (exact) mass is 289 g/mol. The first-order valence-electron chi connectivity index (χ1n) is 6.64. The van der Waals surface area contributed by atoms with Crippen molar-refractivity contribution in [1.82, 2.24) is 4.98 Å². The van der Waals surface area contributed by atoms with Crippen LogP contribution in [-0.4, -0.2) is 10.9 Å². The van der Waals surface area contributed by atoms with Crippen LogP contribution in [0.4, 0.5) is 11.4 Å². The third kappa shape index (κ3) is 3.57. The molecule has 1 aromatic carbocycles. The molecule has 0 saturated carbocycles. The van der Waals surface area contributed by atoms with E-state index in [0.717, 1.165) is 28.5 Å². The first kappa shape index (κ1) is 14.5. The predicted molar refractivity (Wildman–Crippen MR) is 84.3 cm³/mol. The van der Waals surface area contributed by atoms with Crippen molar-refractivity contribution in [3.8, 4) is 0 Å². The van der Waals surface area contributed by atoms with Gasteiger partial charge in [0.05, 0.1) is 11.6 Å². The molecule has 0 fully saturated rings. The molecule has 0 radical (unpaired) electrons. The minimum atomic E-state index is 0.0309. The van der Waals surface area contributed by atoms with Gasteiger partial charge in [-0.2, -0.15) is 0 Å². The number of rotatable bonds is 5. The number of anilines is 2. The number of carbonyl (C=O) groups excluding carboxylic acids is 1. The number of benzene rings is 1. The molecule has 0 bridgehead atoms. The number of nitrogens with one attached hydrogen (secondary N) is 2. The highest BCUT2D eigenvalue weighted by Crippen LogP contribution is 2.24. The third-order valence-electron chi connectivity index (χ3n) is 3.05. The normalized spacial score (nSPS) is 10.3. The van der Waals surface area contributed by atoms with Crippen LogP contribution in [-0.2, 0) is 11.3 Å². The molecule has 1 amide bonds. The van der Waals surface area contributed by atoms with Gasteiger partial charge < -0.3 is 10.6 Å². The molecule has 2 rings (SSSR count). The quantitative estimate of drug-likeness (QED) is 0.882. The summed E-state index contributed by atoms with van der Waals surface area (Å²) in [5.41, 5.74) is 2.95. The van der Waals surface area contributed by atoms with E-state index in [1.165, 1.54) is 4.88 Å². The van der Waals surface area contributed by atoms with E-state index >= 15 is 0 Å². The largest absolute Gasteiger partial charge is 0.380 e. The summed E-state index contributed by atoms with van der Waals surface area (Å²) in [6.45, 7) is 6.60. The van der Waals surface area contributed by atoms with Gasteiger partial charge in [-0.15, -0.1) is 11.3 Å². The molecule has 0 aliphatic rings. The lowest BCUT2D eigenvalue weighted by molar-refractivity contribution is -0.115. The molecular formula is C15H19N3OS. The van der Waals surface area contributed by atoms with Crippen molar-refractivity contribution >= 4 is 28.6 Å². The topological polar surface area (TPSA) is 54.0 Å². The van der Waals surface area contributed by atoms with Crippen LogP contribution in [0.5, 0.6) is 0 Å².